The molecule has 1 aromatic heterocycles. The van der Waals surface area contributed by atoms with Crippen molar-refractivity contribution < 1.29 is 28.9 Å². The number of rotatable bonds is 6. The summed E-state index contributed by atoms with van der Waals surface area (Å²) in [5, 5.41) is 19.0. The van der Waals surface area contributed by atoms with Crippen LogP contribution >= 0.6 is 0 Å². The Labute approximate surface area is 257 Å². The smallest absolute Gasteiger partial charge is 0.326 e. The number of nitrogens with one attached hydrogen (secondary N) is 3. The quantitative estimate of drug-likeness (QED) is 0.288. The van der Waals surface area contributed by atoms with Crippen molar-refractivity contribution in [2.45, 2.75) is 70.9 Å². The van der Waals surface area contributed by atoms with Crippen molar-refractivity contribution in [3.63, 3.8) is 0 Å². The van der Waals surface area contributed by atoms with Gasteiger partial charge in [0.15, 0.2) is 0 Å². The topological polar surface area (TPSA) is 157 Å². The number of amides is 1. The highest BCUT2D eigenvalue weighted by atomic mass is 16.5. The van der Waals surface area contributed by atoms with E-state index in [1.165, 1.54) is 0 Å². The van der Waals surface area contributed by atoms with Crippen molar-refractivity contribution in [2.24, 2.45) is 5.92 Å². The molecule has 0 saturated heterocycles. The van der Waals surface area contributed by atoms with E-state index in [9.17, 15) is 14.7 Å². The summed E-state index contributed by atoms with van der Waals surface area (Å²) in [5.74, 6) is 0.150. The van der Waals surface area contributed by atoms with Crippen LogP contribution in [0, 0.1) is 5.92 Å². The number of benzene rings is 2. The first-order chi connectivity index (χ1) is 21.5. The lowest BCUT2D eigenvalue weighted by Gasteiger charge is -2.21. The molecule has 1 atom stereocenters. The molecule has 1 aliphatic carbocycles. The van der Waals surface area contributed by atoms with E-state index in [0.29, 0.717) is 43.8 Å². The van der Waals surface area contributed by atoms with Crippen LogP contribution in [0.25, 0.3) is 0 Å². The molecule has 1 unspecified atom stereocenters. The number of ether oxygens (including phenoxy) is 3. The van der Waals surface area contributed by atoms with Gasteiger partial charge in [-0.3, -0.25) is 4.79 Å². The molecule has 0 spiro atoms. The van der Waals surface area contributed by atoms with Crippen LogP contribution in [-0.2, 0) is 11.3 Å². The predicted octanol–water partition coefficient (Wildman–Crippen LogP) is 5.33. The second-order valence-electron chi connectivity index (χ2n) is 11.0. The van der Waals surface area contributed by atoms with Gasteiger partial charge >= 0.3 is 12.0 Å². The van der Waals surface area contributed by atoms with Crippen LogP contribution in [0.5, 0.6) is 17.5 Å². The van der Waals surface area contributed by atoms with Crippen molar-refractivity contribution in [1.82, 2.24) is 20.3 Å². The van der Waals surface area contributed by atoms with Gasteiger partial charge in [-0.1, -0.05) is 25.0 Å². The number of hydrogen-bond acceptors (Lipinski definition) is 10. The van der Waals surface area contributed by atoms with Crippen LogP contribution in [0.1, 0.15) is 74.2 Å². The Hall–Kier alpha value is -4.61. The van der Waals surface area contributed by atoms with Crippen LogP contribution in [0.4, 0.5) is 17.6 Å². The van der Waals surface area contributed by atoms with E-state index in [4.69, 9.17) is 14.2 Å². The molecule has 3 aliphatic rings. The molecule has 12 nitrogen and oxygen atoms in total. The fraction of sp³-hybridized carbons (Fsp3) is 0.469. The van der Waals surface area contributed by atoms with Crippen molar-refractivity contribution in [1.29, 1.82) is 0 Å². The molecule has 12 heteroatoms. The number of carbonyl (C=O) groups is 2. The summed E-state index contributed by atoms with van der Waals surface area (Å²) < 4.78 is 17.6. The molecule has 2 aliphatic heterocycles. The van der Waals surface area contributed by atoms with E-state index in [1.807, 2.05) is 31.2 Å². The van der Waals surface area contributed by atoms with Crippen molar-refractivity contribution in [2.75, 3.05) is 30.5 Å². The molecule has 1 amide bonds. The van der Waals surface area contributed by atoms with Gasteiger partial charge in [-0.15, -0.1) is 0 Å². The number of fused-ring (bicyclic) bond motifs is 10. The molecule has 3 aromatic rings. The lowest BCUT2D eigenvalue weighted by molar-refractivity contribution is -0.140. The predicted molar refractivity (Wildman–Crippen MR) is 165 cm³/mol. The minimum atomic E-state index is -1.02. The molecular weight excluding hydrogens is 564 g/mol. The summed E-state index contributed by atoms with van der Waals surface area (Å²) in [6.07, 6.45) is 7.12. The third kappa shape index (κ3) is 8.48. The van der Waals surface area contributed by atoms with Crippen LogP contribution in [0.15, 0.2) is 42.5 Å². The fourth-order valence-electron chi connectivity index (χ4n) is 5.43. The van der Waals surface area contributed by atoms with Gasteiger partial charge in [0.25, 0.3) is 5.91 Å². The van der Waals surface area contributed by atoms with E-state index < -0.39 is 17.9 Å². The van der Waals surface area contributed by atoms with Crippen LogP contribution in [0.3, 0.4) is 0 Å². The van der Waals surface area contributed by atoms with Crippen molar-refractivity contribution in [3.05, 3.63) is 53.6 Å². The van der Waals surface area contributed by atoms with Gasteiger partial charge in [0, 0.05) is 18.3 Å². The van der Waals surface area contributed by atoms with Gasteiger partial charge in [0.2, 0.25) is 11.9 Å². The average molecular weight is 605 g/mol. The van der Waals surface area contributed by atoms with Crippen LogP contribution in [-0.4, -0.2) is 57.8 Å². The lowest BCUT2D eigenvalue weighted by atomic mass is 9.97. The van der Waals surface area contributed by atoms with Crippen molar-refractivity contribution in [3.8, 4) is 17.5 Å². The van der Waals surface area contributed by atoms with E-state index >= 15 is 0 Å². The zero-order valence-electron chi connectivity index (χ0n) is 25.0. The monoisotopic (exact) mass is 604 g/mol. The Bertz CT molecular complexity index is 1410. The molecule has 1 saturated carbocycles. The third-order valence-electron chi connectivity index (χ3n) is 7.73. The highest BCUT2D eigenvalue weighted by Gasteiger charge is 2.32. The summed E-state index contributed by atoms with van der Waals surface area (Å²) >= 11 is 0. The molecule has 2 aromatic carbocycles. The van der Waals surface area contributed by atoms with Crippen LogP contribution in [0.2, 0.25) is 0 Å². The number of aromatic nitrogens is 3. The van der Waals surface area contributed by atoms with Gasteiger partial charge < -0.3 is 35.3 Å². The maximum absolute atomic E-state index is 13.4. The Morgan fingerprint density at radius 1 is 0.955 bits per heavy atom. The zero-order valence-corrected chi connectivity index (χ0v) is 25.0. The first-order valence-corrected chi connectivity index (χ1v) is 15.4. The SMILES string of the molecule is CCOc1nc2nc(n1)Nc1ccc(C(=O)NC(C(=O)O)C3CCCC3)c(c1)OCCCCCCOc1ccc(cc1)CN2. The van der Waals surface area contributed by atoms with Gasteiger partial charge in [-0.05, 0) is 81.2 Å². The second-order valence-corrected chi connectivity index (χ2v) is 11.0. The Balaban J connectivity index is 1.40. The van der Waals surface area contributed by atoms with E-state index in [-0.39, 0.29) is 23.4 Å². The highest BCUT2D eigenvalue weighted by molar-refractivity contribution is 5.99. The first kappa shape index (κ1) is 30.8. The number of nitrogens with zero attached hydrogens (tertiary/aromatic N) is 3. The molecule has 0 radical (unpaired) electrons. The number of anilines is 3. The maximum atomic E-state index is 13.4. The van der Waals surface area contributed by atoms with E-state index in [1.54, 1.807) is 18.2 Å². The van der Waals surface area contributed by atoms with Crippen molar-refractivity contribution >= 4 is 29.5 Å². The second kappa shape index (κ2) is 15.2. The lowest BCUT2D eigenvalue weighted by Crippen LogP contribution is -2.45. The summed E-state index contributed by atoms with van der Waals surface area (Å²) in [7, 11) is 0. The standard InChI is InChI=1S/C32H40N6O6/c1-2-42-32-37-30-33-20-21-11-14-24(15-12-21)43-17-7-3-4-8-18-44-26-19-23(34-31(36-30)38-32)13-16-25(26)28(39)35-27(29(40)41)22-9-5-6-10-22/h11-16,19,22,27H,2-10,17-18,20H2,1H3,(H,35,39)(H,40,41)(H2,33,34,36,37,38). The number of carboxylic acid groups (broad SMARTS) is 1. The maximum Gasteiger partial charge on any atom is 0.326 e. The summed E-state index contributed by atoms with van der Waals surface area (Å²) in [6.45, 7) is 3.72. The Kier molecular flexibility index (Phi) is 10.7. The number of carboxylic acids is 1. The molecule has 1 fully saturated rings. The van der Waals surface area contributed by atoms with Crippen LogP contribution < -0.4 is 30.2 Å². The van der Waals surface area contributed by atoms with Gasteiger partial charge in [-0.25, -0.2) is 4.79 Å². The molecular formula is C32H40N6O6. The first-order valence-electron chi connectivity index (χ1n) is 15.4. The van der Waals surface area contributed by atoms with Gasteiger partial charge in [0.1, 0.15) is 17.5 Å². The molecule has 6 bridgehead atoms. The average Bonchev–Trinajstić information content (AvgIpc) is 3.55. The minimum absolute atomic E-state index is 0.0832. The normalized spacial score (nSPS) is 16.7. The highest BCUT2D eigenvalue weighted by Crippen LogP contribution is 2.30. The molecule has 4 N–H and O–H groups in total. The largest absolute Gasteiger partial charge is 0.494 e. The number of carbonyl (C=O) groups excluding carboxylic acids is 1. The number of aliphatic carboxylic acids is 1. The molecule has 3 heterocycles. The summed E-state index contributed by atoms with van der Waals surface area (Å²) in [4.78, 5) is 38.7. The molecule has 44 heavy (non-hydrogen) atoms. The molecule has 234 valence electrons. The van der Waals surface area contributed by atoms with E-state index in [0.717, 1.165) is 62.7 Å². The Morgan fingerprint density at radius 2 is 1.68 bits per heavy atom. The van der Waals surface area contributed by atoms with E-state index in [2.05, 4.69) is 30.9 Å². The summed E-state index contributed by atoms with van der Waals surface area (Å²) in [6, 6.07) is 12.2. The third-order valence-corrected chi connectivity index (χ3v) is 7.73. The fourth-order valence-corrected chi connectivity index (χ4v) is 5.43. The number of hydrogen-bond donors (Lipinski definition) is 4. The zero-order chi connectivity index (χ0) is 30.7. The van der Waals surface area contributed by atoms with Gasteiger partial charge in [-0.2, -0.15) is 15.0 Å². The van der Waals surface area contributed by atoms with Gasteiger partial charge in [0.05, 0.1) is 25.4 Å². The molecule has 6 rings (SSSR count). The summed E-state index contributed by atoms with van der Waals surface area (Å²) in [5.41, 5.74) is 1.88. The minimum Gasteiger partial charge on any atom is -0.494 e. The Morgan fingerprint density at radius 3 is 2.41 bits per heavy atom.